The number of benzene rings is 3. The Kier molecular flexibility index (Phi) is 7.11. The van der Waals surface area contributed by atoms with Gasteiger partial charge < -0.3 is 28.7 Å². The highest BCUT2D eigenvalue weighted by atomic mass is 16.6. The van der Waals surface area contributed by atoms with E-state index in [-0.39, 0.29) is 37.4 Å². The summed E-state index contributed by atoms with van der Waals surface area (Å²) in [4.78, 5) is 28.9. The third-order valence-corrected chi connectivity index (χ3v) is 6.76. The third-order valence-electron chi connectivity index (χ3n) is 6.76. The molecule has 2 aliphatic rings. The van der Waals surface area contributed by atoms with Crippen LogP contribution in [0.5, 0.6) is 17.2 Å². The zero-order chi connectivity index (χ0) is 24.9. The Labute approximate surface area is 210 Å². The number of carbonyl (C=O) groups excluding carboxylic acids is 2. The Hall–Kier alpha value is -3.94. The van der Waals surface area contributed by atoms with Crippen molar-refractivity contribution < 1.29 is 28.5 Å². The minimum absolute atomic E-state index is 0.00476. The van der Waals surface area contributed by atoms with E-state index in [1.165, 1.54) is 0 Å². The van der Waals surface area contributed by atoms with Gasteiger partial charge in [0.05, 0.1) is 13.7 Å². The molecule has 1 unspecified atom stereocenters. The van der Waals surface area contributed by atoms with Gasteiger partial charge in [-0.05, 0) is 48.6 Å². The minimum atomic E-state index is -0.326. The number of likely N-dealkylation sites (tertiary alicyclic amines) is 1. The largest absolute Gasteiger partial charge is 0.497 e. The first-order valence-corrected chi connectivity index (χ1v) is 12.2. The third kappa shape index (κ3) is 5.32. The normalized spacial score (nSPS) is 18.2. The van der Waals surface area contributed by atoms with E-state index in [4.69, 9.17) is 18.9 Å². The number of amides is 2. The number of piperidine rings is 1. The number of methoxy groups -OCH3 is 1. The molecule has 2 heterocycles. The van der Waals surface area contributed by atoms with E-state index in [1.54, 1.807) is 12.0 Å². The zero-order valence-electron chi connectivity index (χ0n) is 20.3. The molecule has 8 heteroatoms. The summed E-state index contributed by atoms with van der Waals surface area (Å²) in [5.41, 5.74) is 0. The summed E-state index contributed by atoms with van der Waals surface area (Å²) in [5, 5.41) is 2.07. The Morgan fingerprint density at radius 1 is 0.944 bits per heavy atom. The lowest BCUT2D eigenvalue weighted by Gasteiger charge is -2.35. The van der Waals surface area contributed by atoms with Crippen molar-refractivity contribution in [2.45, 2.75) is 25.0 Å². The number of fused-ring (bicyclic) bond motifs is 1. The smallest absolute Gasteiger partial charge is 0.410 e. The maximum Gasteiger partial charge on any atom is 0.410 e. The SMILES string of the molecule is COc1ccc(OCC2CN(C3CCN(C(=O)COc4cccc5ccccc45)CC3)C(=O)O2)cc1. The van der Waals surface area contributed by atoms with Crippen LogP contribution in [0.3, 0.4) is 0 Å². The Balaban J connectivity index is 1.08. The number of nitrogens with zero attached hydrogens (tertiary/aromatic N) is 2. The topological polar surface area (TPSA) is 77.5 Å². The molecule has 188 valence electrons. The Morgan fingerprint density at radius 2 is 1.67 bits per heavy atom. The van der Waals surface area contributed by atoms with E-state index in [0.29, 0.717) is 44.0 Å². The molecule has 2 saturated heterocycles. The molecule has 1 atom stereocenters. The highest BCUT2D eigenvalue weighted by Gasteiger charge is 2.38. The minimum Gasteiger partial charge on any atom is -0.497 e. The van der Waals surface area contributed by atoms with E-state index in [9.17, 15) is 9.59 Å². The lowest BCUT2D eigenvalue weighted by Crippen LogP contribution is -2.48. The molecule has 3 aromatic carbocycles. The quantitative estimate of drug-likeness (QED) is 0.473. The van der Waals surface area contributed by atoms with Crippen LogP contribution in [0, 0.1) is 0 Å². The summed E-state index contributed by atoms with van der Waals surface area (Å²) in [5.74, 6) is 2.11. The highest BCUT2D eigenvalue weighted by Crippen LogP contribution is 2.26. The second-order valence-electron chi connectivity index (χ2n) is 9.02. The fourth-order valence-electron chi connectivity index (χ4n) is 4.77. The maximum absolute atomic E-state index is 12.8. The van der Waals surface area contributed by atoms with E-state index < -0.39 is 0 Å². The van der Waals surface area contributed by atoms with Crippen LogP contribution in [-0.4, -0.2) is 73.9 Å². The molecule has 3 aromatic rings. The Bertz CT molecular complexity index is 1200. The number of carbonyl (C=O) groups is 2. The number of hydrogen-bond donors (Lipinski definition) is 0. The molecule has 2 aliphatic heterocycles. The molecule has 0 saturated carbocycles. The lowest BCUT2D eigenvalue weighted by atomic mass is 10.0. The van der Waals surface area contributed by atoms with Crippen molar-refractivity contribution >= 4 is 22.8 Å². The van der Waals surface area contributed by atoms with Crippen LogP contribution in [0.1, 0.15) is 12.8 Å². The van der Waals surface area contributed by atoms with Crippen LogP contribution < -0.4 is 14.2 Å². The molecule has 0 aliphatic carbocycles. The molecule has 0 aromatic heterocycles. The summed E-state index contributed by atoms with van der Waals surface area (Å²) >= 11 is 0. The molecule has 0 radical (unpaired) electrons. The predicted molar refractivity (Wildman–Crippen MR) is 135 cm³/mol. The number of rotatable bonds is 8. The van der Waals surface area contributed by atoms with Gasteiger partial charge in [-0.2, -0.15) is 0 Å². The molecular formula is C28H30N2O6. The molecule has 8 nitrogen and oxygen atoms in total. The average molecular weight is 491 g/mol. The van der Waals surface area contributed by atoms with Crippen molar-refractivity contribution in [3.8, 4) is 17.2 Å². The van der Waals surface area contributed by atoms with Crippen LogP contribution in [0.2, 0.25) is 0 Å². The standard InChI is InChI=1S/C28H30N2O6/c1-33-22-9-11-23(12-10-22)34-18-24-17-30(28(32)36-24)21-13-15-29(16-14-21)27(31)19-35-26-8-4-6-20-5-2-3-7-25(20)26/h2-12,21,24H,13-19H2,1H3. The van der Waals surface area contributed by atoms with Crippen LogP contribution in [0.15, 0.2) is 66.7 Å². The number of cyclic esters (lactones) is 1. The predicted octanol–water partition coefficient (Wildman–Crippen LogP) is 4.12. The number of ether oxygens (including phenoxy) is 4. The zero-order valence-corrected chi connectivity index (χ0v) is 20.3. The van der Waals surface area contributed by atoms with Gasteiger partial charge in [0.15, 0.2) is 12.7 Å². The van der Waals surface area contributed by atoms with Gasteiger partial charge in [0, 0.05) is 24.5 Å². The molecule has 0 N–H and O–H groups in total. The summed E-state index contributed by atoms with van der Waals surface area (Å²) in [7, 11) is 1.61. The summed E-state index contributed by atoms with van der Waals surface area (Å²) in [6.07, 6.45) is 0.776. The first-order valence-electron chi connectivity index (χ1n) is 12.2. The summed E-state index contributed by atoms with van der Waals surface area (Å²) < 4.78 is 22.3. The van der Waals surface area contributed by atoms with Crippen LogP contribution in [-0.2, 0) is 9.53 Å². The summed E-state index contributed by atoms with van der Waals surface area (Å²) in [6.45, 7) is 1.93. The van der Waals surface area contributed by atoms with Gasteiger partial charge in [0.2, 0.25) is 0 Å². The van der Waals surface area contributed by atoms with Crippen LogP contribution in [0.4, 0.5) is 4.79 Å². The molecule has 36 heavy (non-hydrogen) atoms. The monoisotopic (exact) mass is 490 g/mol. The van der Waals surface area contributed by atoms with E-state index in [0.717, 1.165) is 16.5 Å². The van der Waals surface area contributed by atoms with Gasteiger partial charge >= 0.3 is 6.09 Å². The van der Waals surface area contributed by atoms with Gasteiger partial charge in [0.25, 0.3) is 5.91 Å². The first-order chi connectivity index (χ1) is 17.6. The molecule has 0 bridgehead atoms. The van der Waals surface area contributed by atoms with E-state index in [1.807, 2.05) is 71.6 Å². The second kappa shape index (κ2) is 10.8. The van der Waals surface area contributed by atoms with Gasteiger partial charge in [-0.1, -0.05) is 36.4 Å². The van der Waals surface area contributed by atoms with E-state index >= 15 is 0 Å². The average Bonchev–Trinajstić information content (AvgIpc) is 3.31. The number of hydrogen-bond acceptors (Lipinski definition) is 6. The van der Waals surface area contributed by atoms with Gasteiger partial charge in [-0.3, -0.25) is 4.79 Å². The van der Waals surface area contributed by atoms with Crippen molar-refractivity contribution in [3.63, 3.8) is 0 Å². The fraction of sp³-hybridized carbons (Fsp3) is 0.357. The Morgan fingerprint density at radius 3 is 2.44 bits per heavy atom. The highest BCUT2D eigenvalue weighted by molar-refractivity contribution is 5.88. The van der Waals surface area contributed by atoms with Crippen molar-refractivity contribution in [1.82, 2.24) is 9.80 Å². The molecule has 2 fully saturated rings. The first kappa shape index (κ1) is 23.8. The second-order valence-corrected chi connectivity index (χ2v) is 9.02. The van der Waals surface area contributed by atoms with Crippen molar-refractivity contribution in [3.05, 3.63) is 66.7 Å². The van der Waals surface area contributed by atoms with Crippen molar-refractivity contribution in [2.75, 3.05) is 40.0 Å². The van der Waals surface area contributed by atoms with Crippen molar-refractivity contribution in [1.29, 1.82) is 0 Å². The van der Waals surface area contributed by atoms with Crippen molar-refractivity contribution in [2.24, 2.45) is 0 Å². The van der Waals surface area contributed by atoms with Gasteiger partial charge in [-0.15, -0.1) is 0 Å². The maximum atomic E-state index is 12.8. The molecule has 2 amide bonds. The molecule has 5 rings (SSSR count). The summed E-state index contributed by atoms with van der Waals surface area (Å²) in [6, 6.07) is 21.1. The van der Waals surface area contributed by atoms with Gasteiger partial charge in [-0.25, -0.2) is 4.79 Å². The fourth-order valence-corrected chi connectivity index (χ4v) is 4.77. The van der Waals surface area contributed by atoms with E-state index in [2.05, 4.69) is 0 Å². The molecule has 0 spiro atoms. The van der Waals surface area contributed by atoms with Crippen LogP contribution in [0.25, 0.3) is 10.8 Å². The molecular weight excluding hydrogens is 460 g/mol. The van der Waals surface area contributed by atoms with Crippen LogP contribution >= 0.6 is 0 Å². The van der Waals surface area contributed by atoms with Gasteiger partial charge in [0.1, 0.15) is 23.9 Å². The lowest BCUT2D eigenvalue weighted by molar-refractivity contribution is -0.134.